The Hall–Kier alpha value is -1.20. The quantitative estimate of drug-likeness (QED) is 0.849. The molecule has 1 N–H and O–H groups in total. The zero-order valence-corrected chi connectivity index (χ0v) is 13.1. The van der Waals surface area contributed by atoms with Gasteiger partial charge in [0.2, 0.25) is 0 Å². The summed E-state index contributed by atoms with van der Waals surface area (Å²) in [7, 11) is 0. The van der Waals surface area contributed by atoms with Gasteiger partial charge in [0.05, 0.1) is 6.10 Å². The minimum absolute atomic E-state index is 0.179. The van der Waals surface area contributed by atoms with Crippen molar-refractivity contribution in [1.82, 2.24) is 5.32 Å². The molecule has 2 aliphatic rings. The topological polar surface area (TPSA) is 24.5 Å². The van der Waals surface area contributed by atoms with Crippen molar-refractivity contribution in [1.29, 1.82) is 0 Å². The van der Waals surface area contributed by atoms with E-state index >= 15 is 0 Å². The summed E-state index contributed by atoms with van der Waals surface area (Å²) in [5, 5.41) is 4.03. The molecule has 1 saturated heterocycles. The smallest absolute Gasteiger partial charge is 0.173 e. The number of thiocarbonyl (C=S) groups is 1. The number of aryl methyl sites for hydroxylation is 1. The van der Waals surface area contributed by atoms with E-state index in [0.717, 1.165) is 50.1 Å². The van der Waals surface area contributed by atoms with E-state index in [0.29, 0.717) is 11.2 Å². The Labute approximate surface area is 130 Å². The highest BCUT2D eigenvalue weighted by atomic mass is 32.1. The average Bonchev–Trinajstić information content (AvgIpc) is 2.98. The predicted octanol–water partition coefficient (Wildman–Crippen LogP) is 3.02. The summed E-state index contributed by atoms with van der Waals surface area (Å²) in [4.78, 5) is 2.11. The third kappa shape index (κ3) is 3.19. The number of hydrogen-bond acceptors (Lipinski definition) is 2. The number of anilines is 1. The third-order valence-corrected chi connectivity index (χ3v) is 4.64. The molecule has 1 fully saturated rings. The summed E-state index contributed by atoms with van der Waals surface area (Å²) in [6.45, 7) is 3.76. The van der Waals surface area contributed by atoms with Crippen molar-refractivity contribution in [3.63, 3.8) is 0 Å². The molecule has 1 aromatic carbocycles. The summed E-state index contributed by atoms with van der Waals surface area (Å²) in [6.07, 6.45) is 4.36. The van der Waals surface area contributed by atoms with Crippen LogP contribution in [0.25, 0.3) is 0 Å². The SMILES string of the molecule is C[C@@H]1CCc2cc(F)ccc2N1C(=S)NC[C@@H]1CCCO1. The van der Waals surface area contributed by atoms with Crippen LogP contribution in [0.1, 0.15) is 31.7 Å². The molecule has 5 heteroatoms. The first-order valence-corrected chi connectivity index (χ1v) is 8.03. The highest BCUT2D eigenvalue weighted by Crippen LogP contribution is 2.31. The highest BCUT2D eigenvalue weighted by Gasteiger charge is 2.27. The van der Waals surface area contributed by atoms with E-state index in [1.54, 1.807) is 6.07 Å². The van der Waals surface area contributed by atoms with Crippen LogP contribution in [-0.2, 0) is 11.2 Å². The van der Waals surface area contributed by atoms with Crippen molar-refractivity contribution in [2.45, 2.75) is 44.8 Å². The van der Waals surface area contributed by atoms with E-state index in [9.17, 15) is 4.39 Å². The zero-order chi connectivity index (χ0) is 14.8. The molecule has 2 aliphatic heterocycles. The summed E-state index contributed by atoms with van der Waals surface area (Å²) < 4.78 is 19.0. The van der Waals surface area contributed by atoms with Crippen molar-refractivity contribution >= 4 is 23.0 Å². The lowest BCUT2D eigenvalue weighted by atomic mass is 9.97. The Morgan fingerprint density at radius 1 is 1.48 bits per heavy atom. The van der Waals surface area contributed by atoms with Crippen LogP contribution in [0.3, 0.4) is 0 Å². The Morgan fingerprint density at radius 2 is 2.33 bits per heavy atom. The van der Waals surface area contributed by atoms with Gasteiger partial charge >= 0.3 is 0 Å². The van der Waals surface area contributed by atoms with Gasteiger partial charge in [0.1, 0.15) is 5.82 Å². The van der Waals surface area contributed by atoms with E-state index in [1.165, 1.54) is 6.07 Å². The van der Waals surface area contributed by atoms with Gasteiger partial charge in [0.25, 0.3) is 0 Å². The number of hydrogen-bond donors (Lipinski definition) is 1. The normalized spacial score (nSPS) is 24.8. The Bertz CT molecular complexity index is 531. The monoisotopic (exact) mass is 308 g/mol. The second-order valence-electron chi connectivity index (χ2n) is 5.85. The van der Waals surface area contributed by atoms with Gasteiger partial charge in [0.15, 0.2) is 5.11 Å². The van der Waals surface area contributed by atoms with Gasteiger partial charge < -0.3 is 15.0 Å². The first kappa shape index (κ1) is 14.7. The minimum Gasteiger partial charge on any atom is -0.376 e. The standard InChI is InChI=1S/C16H21FN2OS/c1-11-4-5-12-9-13(17)6-7-15(12)19(11)16(21)18-10-14-3-2-8-20-14/h6-7,9,11,14H,2-5,8,10H2,1H3,(H,18,21)/t11-,14+/m1/s1. The number of benzene rings is 1. The number of nitrogens with one attached hydrogen (secondary N) is 1. The second kappa shape index (κ2) is 6.28. The average molecular weight is 308 g/mol. The van der Waals surface area contributed by atoms with Gasteiger partial charge in [-0.3, -0.25) is 0 Å². The molecule has 21 heavy (non-hydrogen) atoms. The van der Waals surface area contributed by atoms with Crippen molar-refractivity contribution in [3.8, 4) is 0 Å². The molecule has 1 aromatic rings. The van der Waals surface area contributed by atoms with Crippen molar-refractivity contribution in [3.05, 3.63) is 29.6 Å². The fourth-order valence-electron chi connectivity index (χ4n) is 3.12. The fraction of sp³-hybridized carbons (Fsp3) is 0.562. The molecule has 0 spiro atoms. The molecule has 0 unspecified atom stereocenters. The number of nitrogens with zero attached hydrogens (tertiary/aromatic N) is 1. The fourth-order valence-corrected chi connectivity index (χ4v) is 3.48. The molecule has 0 bridgehead atoms. The molecule has 0 amide bonds. The van der Waals surface area contributed by atoms with Crippen LogP contribution in [-0.4, -0.2) is 30.4 Å². The Kier molecular flexibility index (Phi) is 4.40. The van der Waals surface area contributed by atoms with E-state index in [2.05, 4.69) is 17.1 Å². The molecular formula is C16H21FN2OS. The number of ether oxygens (including phenoxy) is 1. The van der Waals surface area contributed by atoms with E-state index in [-0.39, 0.29) is 11.9 Å². The van der Waals surface area contributed by atoms with Crippen LogP contribution in [0, 0.1) is 5.82 Å². The number of rotatable bonds is 2. The van der Waals surface area contributed by atoms with Crippen LogP contribution >= 0.6 is 12.2 Å². The maximum absolute atomic E-state index is 13.4. The molecule has 114 valence electrons. The molecule has 0 radical (unpaired) electrons. The largest absolute Gasteiger partial charge is 0.376 e. The molecule has 3 nitrogen and oxygen atoms in total. The first-order valence-electron chi connectivity index (χ1n) is 7.62. The summed E-state index contributed by atoms with van der Waals surface area (Å²) in [5.41, 5.74) is 2.06. The zero-order valence-electron chi connectivity index (χ0n) is 12.3. The Morgan fingerprint density at radius 3 is 3.10 bits per heavy atom. The molecule has 2 atom stereocenters. The molecule has 0 aromatic heterocycles. The lowest BCUT2D eigenvalue weighted by Gasteiger charge is -2.37. The molecule has 0 aliphatic carbocycles. The van der Waals surface area contributed by atoms with E-state index < -0.39 is 0 Å². The molecule has 3 rings (SSSR count). The van der Waals surface area contributed by atoms with Crippen molar-refractivity contribution in [2.75, 3.05) is 18.1 Å². The maximum atomic E-state index is 13.4. The van der Waals surface area contributed by atoms with E-state index in [4.69, 9.17) is 17.0 Å². The summed E-state index contributed by atoms with van der Waals surface area (Å²) in [6, 6.07) is 5.29. The second-order valence-corrected chi connectivity index (χ2v) is 6.24. The summed E-state index contributed by atoms with van der Waals surface area (Å²) >= 11 is 5.56. The van der Waals surface area contributed by atoms with Crippen LogP contribution in [0.4, 0.5) is 10.1 Å². The molecular weight excluding hydrogens is 287 g/mol. The van der Waals surface area contributed by atoms with Crippen LogP contribution < -0.4 is 10.2 Å². The van der Waals surface area contributed by atoms with Crippen LogP contribution in [0.15, 0.2) is 18.2 Å². The highest BCUT2D eigenvalue weighted by molar-refractivity contribution is 7.80. The van der Waals surface area contributed by atoms with E-state index in [1.807, 2.05) is 6.07 Å². The summed E-state index contributed by atoms with van der Waals surface area (Å²) in [5.74, 6) is -0.179. The molecule has 0 saturated carbocycles. The van der Waals surface area contributed by atoms with Crippen LogP contribution in [0.5, 0.6) is 0 Å². The molecule has 2 heterocycles. The van der Waals surface area contributed by atoms with Crippen molar-refractivity contribution in [2.24, 2.45) is 0 Å². The van der Waals surface area contributed by atoms with Gasteiger partial charge in [-0.2, -0.15) is 0 Å². The lowest BCUT2D eigenvalue weighted by Crippen LogP contribution is -2.49. The van der Waals surface area contributed by atoms with Gasteiger partial charge in [-0.05, 0) is 68.6 Å². The Balaban J connectivity index is 1.72. The minimum atomic E-state index is -0.179. The van der Waals surface area contributed by atoms with Crippen molar-refractivity contribution < 1.29 is 9.13 Å². The lowest BCUT2D eigenvalue weighted by molar-refractivity contribution is 0.114. The first-order chi connectivity index (χ1) is 10.1. The maximum Gasteiger partial charge on any atom is 0.173 e. The van der Waals surface area contributed by atoms with Crippen LogP contribution in [0.2, 0.25) is 0 Å². The number of halogens is 1. The van der Waals surface area contributed by atoms with Gasteiger partial charge in [-0.25, -0.2) is 4.39 Å². The third-order valence-electron chi connectivity index (χ3n) is 4.30. The van der Waals surface area contributed by atoms with Gasteiger partial charge in [-0.15, -0.1) is 0 Å². The van der Waals surface area contributed by atoms with Gasteiger partial charge in [-0.1, -0.05) is 0 Å². The predicted molar refractivity (Wildman–Crippen MR) is 86.2 cm³/mol. The number of fused-ring (bicyclic) bond motifs is 1. The van der Waals surface area contributed by atoms with Gasteiger partial charge in [0, 0.05) is 24.9 Å².